The fourth-order valence-corrected chi connectivity index (χ4v) is 4.75. The molecular formula is C23H20F3N9O4S. The summed E-state index contributed by atoms with van der Waals surface area (Å²) in [5.41, 5.74) is -2.21. The number of hydrogen-bond acceptors (Lipinski definition) is 10. The van der Waals surface area contributed by atoms with E-state index in [1.807, 2.05) is 0 Å². The molecule has 1 amide bonds. The van der Waals surface area contributed by atoms with Crippen LogP contribution in [0.4, 0.5) is 19.0 Å². The topological polar surface area (TPSA) is 156 Å². The number of amides is 1. The van der Waals surface area contributed by atoms with Crippen LogP contribution in [0, 0.1) is 13.8 Å². The largest absolute Gasteiger partial charge is 0.418 e. The molecule has 5 rings (SSSR count). The third-order valence-electron chi connectivity index (χ3n) is 6.11. The molecule has 1 atom stereocenters. The maximum absolute atomic E-state index is 13.3. The molecule has 40 heavy (non-hydrogen) atoms. The number of imidazole rings is 1. The summed E-state index contributed by atoms with van der Waals surface area (Å²) in [5.74, 6) is -0.0900. The van der Waals surface area contributed by atoms with Crippen molar-refractivity contribution < 1.29 is 22.5 Å². The van der Waals surface area contributed by atoms with Gasteiger partial charge in [0.05, 0.1) is 11.9 Å². The minimum Gasteiger partial charge on any atom is -0.337 e. The molecule has 17 heteroatoms. The summed E-state index contributed by atoms with van der Waals surface area (Å²) < 4.78 is 48.3. The third-order valence-corrected chi connectivity index (χ3v) is 7.00. The predicted molar refractivity (Wildman–Crippen MR) is 136 cm³/mol. The molecular weight excluding hydrogens is 555 g/mol. The van der Waals surface area contributed by atoms with Crippen molar-refractivity contribution in [3.63, 3.8) is 0 Å². The summed E-state index contributed by atoms with van der Waals surface area (Å²) in [6.45, 7) is 4.09. The zero-order chi connectivity index (χ0) is 28.9. The Balaban J connectivity index is 1.43. The number of carbonyl (C=O) groups excluding carboxylic acids is 1. The first-order valence-electron chi connectivity index (χ1n) is 11.6. The number of hydrogen-bond donors (Lipinski definition) is 1. The van der Waals surface area contributed by atoms with Crippen LogP contribution in [0.2, 0.25) is 0 Å². The molecule has 0 unspecified atom stereocenters. The summed E-state index contributed by atoms with van der Waals surface area (Å²) in [6.07, 6.45) is -2.03. The summed E-state index contributed by atoms with van der Waals surface area (Å²) in [7, 11) is 1.43. The van der Waals surface area contributed by atoms with E-state index in [0.29, 0.717) is 5.82 Å². The summed E-state index contributed by atoms with van der Waals surface area (Å²) >= 11 is 1.03. The third kappa shape index (κ3) is 4.78. The molecule has 5 heterocycles. The first-order valence-corrected chi connectivity index (χ1v) is 12.5. The van der Waals surface area contributed by atoms with E-state index in [9.17, 15) is 27.6 Å². The second kappa shape index (κ2) is 9.82. The van der Waals surface area contributed by atoms with Gasteiger partial charge in [0, 0.05) is 29.9 Å². The van der Waals surface area contributed by atoms with Gasteiger partial charge in [-0.3, -0.25) is 19.1 Å². The molecule has 0 saturated heterocycles. The van der Waals surface area contributed by atoms with Gasteiger partial charge in [0.25, 0.3) is 5.56 Å². The van der Waals surface area contributed by atoms with Gasteiger partial charge in [-0.1, -0.05) is 5.16 Å². The van der Waals surface area contributed by atoms with E-state index in [0.717, 1.165) is 22.0 Å². The highest BCUT2D eigenvalue weighted by atomic mass is 32.1. The summed E-state index contributed by atoms with van der Waals surface area (Å²) in [5, 5.41) is 7.96. The van der Waals surface area contributed by atoms with Gasteiger partial charge in [0.15, 0.2) is 17.0 Å². The van der Waals surface area contributed by atoms with Crippen LogP contribution < -0.4 is 16.6 Å². The van der Waals surface area contributed by atoms with Gasteiger partial charge in [0.2, 0.25) is 11.8 Å². The van der Waals surface area contributed by atoms with E-state index in [4.69, 9.17) is 4.52 Å². The lowest BCUT2D eigenvalue weighted by atomic mass is 10.1. The van der Waals surface area contributed by atoms with Gasteiger partial charge < -0.3 is 14.4 Å². The highest BCUT2D eigenvalue weighted by Crippen LogP contribution is 2.35. The second-order valence-corrected chi connectivity index (χ2v) is 9.71. The molecule has 0 saturated carbocycles. The fourth-order valence-electron chi connectivity index (χ4n) is 4.02. The highest BCUT2D eigenvalue weighted by Gasteiger charge is 2.33. The minimum atomic E-state index is -4.57. The number of thiazole rings is 1. The van der Waals surface area contributed by atoms with Crippen molar-refractivity contribution in [3.05, 3.63) is 67.8 Å². The predicted octanol–water partition coefficient (Wildman–Crippen LogP) is 2.68. The number of pyridine rings is 1. The number of nitrogens with zero attached hydrogens (tertiary/aromatic N) is 8. The van der Waals surface area contributed by atoms with Crippen LogP contribution in [0.15, 0.2) is 38.1 Å². The number of carbonyl (C=O) groups is 1. The van der Waals surface area contributed by atoms with Crippen molar-refractivity contribution in [2.45, 2.75) is 39.5 Å². The second-order valence-electron chi connectivity index (χ2n) is 8.85. The average molecular weight is 576 g/mol. The zero-order valence-corrected chi connectivity index (χ0v) is 22.2. The Morgan fingerprint density at radius 1 is 1.20 bits per heavy atom. The van der Waals surface area contributed by atoms with Crippen molar-refractivity contribution >= 4 is 34.2 Å². The minimum absolute atomic E-state index is 0.00892. The van der Waals surface area contributed by atoms with E-state index in [1.54, 1.807) is 6.92 Å². The molecule has 0 radical (unpaired) electrons. The SMILES string of the molecule is Cc1noc(Cn2c(=O)c3c(ncn3[C@@H](C)C(=O)Nc3csc(-c4cnc(C)c(C(F)(F)F)c4)n3)n(C)c2=O)n1. The lowest BCUT2D eigenvalue weighted by molar-refractivity contribution is -0.138. The summed E-state index contributed by atoms with van der Waals surface area (Å²) in [6, 6.07) is -0.0323. The number of fused-ring (bicyclic) bond motifs is 1. The molecule has 208 valence electrons. The van der Waals surface area contributed by atoms with Gasteiger partial charge >= 0.3 is 11.9 Å². The van der Waals surface area contributed by atoms with Crippen molar-refractivity contribution in [2.24, 2.45) is 7.05 Å². The normalized spacial score (nSPS) is 12.7. The van der Waals surface area contributed by atoms with E-state index in [1.165, 1.54) is 47.9 Å². The molecule has 0 aromatic carbocycles. The monoisotopic (exact) mass is 575 g/mol. The standard InChI is InChI=1S/C23H20F3N9O4S/c1-10-14(23(24,25)26)5-13(6-27-10)20-31-15(8-40-20)30-19(36)11(2)35-9-28-18-17(35)21(37)34(22(38)33(18)4)7-16-29-12(3)32-39-16/h5-6,8-9,11H,7H2,1-4H3,(H,30,36)/t11-/m0/s1. The van der Waals surface area contributed by atoms with Crippen LogP contribution in [0.3, 0.4) is 0 Å². The first-order chi connectivity index (χ1) is 18.8. The maximum Gasteiger partial charge on any atom is 0.418 e. The van der Waals surface area contributed by atoms with Gasteiger partial charge in [-0.25, -0.2) is 19.3 Å². The van der Waals surface area contributed by atoms with Crippen LogP contribution >= 0.6 is 11.3 Å². The van der Waals surface area contributed by atoms with Gasteiger partial charge in [-0.15, -0.1) is 11.3 Å². The number of alkyl halides is 3. The smallest absolute Gasteiger partial charge is 0.337 e. The zero-order valence-electron chi connectivity index (χ0n) is 21.3. The highest BCUT2D eigenvalue weighted by molar-refractivity contribution is 7.13. The van der Waals surface area contributed by atoms with Crippen molar-refractivity contribution in [2.75, 3.05) is 5.32 Å². The number of aromatic nitrogens is 8. The molecule has 0 aliphatic heterocycles. The van der Waals surface area contributed by atoms with E-state index in [-0.39, 0.29) is 45.7 Å². The number of nitrogens with one attached hydrogen (secondary N) is 1. The lowest BCUT2D eigenvalue weighted by Gasteiger charge is -2.14. The van der Waals surface area contributed by atoms with E-state index >= 15 is 0 Å². The number of rotatable bonds is 6. The van der Waals surface area contributed by atoms with Crippen molar-refractivity contribution in [1.29, 1.82) is 0 Å². The van der Waals surface area contributed by atoms with E-state index < -0.39 is 34.9 Å². The first kappa shape index (κ1) is 26.9. The van der Waals surface area contributed by atoms with Crippen LogP contribution in [0.1, 0.15) is 35.9 Å². The Morgan fingerprint density at radius 3 is 2.62 bits per heavy atom. The molecule has 5 aromatic rings. The van der Waals surface area contributed by atoms with Crippen LogP contribution in [-0.2, 0) is 24.6 Å². The van der Waals surface area contributed by atoms with Crippen LogP contribution in [-0.4, -0.2) is 44.7 Å². The Morgan fingerprint density at radius 2 is 1.95 bits per heavy atom. The molecule has 0 aliphatic carbocycles. The maximum atomic E-state index is 13.3. The van der Waals surface area contributed by atoms with Gasteiger partial charge in [0.1, 0.15) is 23.4 Å². The molecule has 5 aromatic heterocycles. The van der Waals surface area contributed by atoms with Gasteiger partial charge in [-0.2, -0.15) is 18.2 Å². The fraction of sp³-hybridized carbons (Fsp3) is 0.304. The quantitative estimate of drug-likeness (QED) is 0.322. The summed E-state index contributed by atoms with van der Waals surface area (Å²) in [4.78, 5) is 55.5. The molecule has 0 bridgehead atoms. The number of aryl methyl sites for hydroxylation is 3. The molecule has 13 nitrogen and oxygen atoms in total. The van der Waals surface area contributed by atoms with E-state index in [2.05, 4.69) is 30.4 Å². The average Bonchev–Trinajstić information content (AvgIpc) is 3.64. The molecule has 0 fully saturated rings. The number of halogens is 3. The molecule has 0 spiro atoms. The molecule has 1 N–H and O–H groups in total. The Kier molecular flexibility index (Phi) is 6.61. The van der Waals surface area contributed by atoms with Gasteiger partial charge in [-0.05, 0) is 26.8 Å². The van der Waals surface area contributed by atoms with Crippen molar-refractivity contribution in [3.8, 4) is 10.6 Å². The van der Waals surface area contributed by atoms with Crippen molar-refractivity contribution in [1.82, 2.24) is 38.8 Å². The lowest BCUT2D eigenvalue weighted by Crippen LogP contribution is -2.40. The van der Waals surface area contributed by atoms with Crippen LogP contribution in [0.5, 0.6) is 0 Å². The Bertz CT molecular complexity index is 1880. The molecule has 0 aliphatic rings. The Hall–Kier alpha value is -4.67. The Labute approximate surface area is 225 Å². The van der Waals surface area contributed by atoms with Crippen LogP contribution in [0.25, 0.3) is 21.7 Å². The number of anilines is 1.